The number of carbonyl (C=O) groups excluding carboxylic acids is 2. The van der Waals surface area contributed by atoms with Crippen LogP contribution in [0.4, 0.5) is 4.39 Å². The highest BCUT2D eigenvalue weighted by atomic mass is 79.9. The molecule has 0 atom stereocenters. The van der Waals surface area contributed by atoms with Crippen LogP contribution in [0.1, 0.15) is 12.5 Å². The van der Waals surface area contributed by atoms with E-state index in [4.69, 9.17) is 0 Å². The van der Waals surface area contributed by atoms with Crippen molar-refractivity contribution in [1.82, 2.24) is 9.80 Å². The molecule has 0 saturated carbocycles. The van der Waals surface area contributed by atoms with Gasteiger partial charge in [0.05, 0.1) is 6.54 Å². The summed E-state index contributed by atoms with van der Waals surface area (Å²) in [5, 5.41) is 0. The van der Waals surface area contributed by atoms with Crippen molar-refractivity contribution in [1.29, 1.82) is 0 Å². The van der Waals surface area contributed by atoms with Gasteiger partial charge in [-0.25, -0.2) is 4.39 Å². The Morgan fingerprint density at radius 3 is 2.47 bits per heavy atom. The zero-order valence-electron chi connectivity index (χ0n) is 10.5. The number of likely N-dealkylation sites (N-methyl/N-ethyl adjacent to an activating group) is 1. The van der Waals surface area contributed by atoms with Crippen molar-refractivity contribution in [3.8, 4) is 0 Å². The number of nitrogens with zero attached hydrogens (tertiary/aromatic N) is 2. The first-order valence-electron chi connectivity index (χ1n) is 6.00. The van der Waals surface area contributed by atoms with Crippen LogP contribution in [0.5, 0.6) is 0 Å². The Morgan fingerprint density at radius 2 is 1.84 bits per heavy atom. The van der Waals surface area contributed by atoms with Crippen molar-refractivity contribution < 1.29 is 14.0 Å². The number of rotatable bonds is 3. The molecule has 19 heavy (non-hydrogen) atoms. The van der Waals surface area contributed by atoms with Gasteiger partial charge in [-0.1, -0.05) is 22.0 Å². The fourth-order valence-electron chi connectivity index (χ4n) is 1.99. The molecule has 0 aromatic heterocycles. The maximum Gasteiger partial charge on any atom is 0.242 e. The highest BCUT2D eigenvalue weighted by Crippen LogP contribution is 2.18. The van der Waals surface area contributed by atoms with E-state index in [9.17, 15) is 14.0 Å². The fraction of sp³-hybridized carbons (Fsp3) is 0.385. The summed E-state index contributed by atoms with van der Waals surface area (Å²) in [4.78, 5) is 26.5. The molecule has 0 spiro atoms. The Balaban J connectivity index is 2.11. The molecule has 0 unspecified atom stereocenters. The van der Waals surface area contributed by atoms with Crippen LogP contribution < -0.4 is 0 Å². The molecule has 1 heterocycles. The van der Waals surface area contributed by atoms with E-state index in [0.717, 1.165) is 0 Å². The van der Waals surface area contributed by atoms with Crippen LogP contribution in [0.3, 0.4) is 0 Å². The van der Waals surface area contributed by atoms with Crippen molar-refractivity contribution in [3.63, 3.8) is 0 Å². The molecule has 0 N–H and O–H groups in total. The lowest BCUT2D eigenvalue weighted by Crippen LogP contribution is -2.53. The molecule has 1 aliphatic heterocycles. The van der Waals surface area contributed by atoms with Crippen LogP contribution in [0.15, 0.2) is 22.7 Å². The van der Waals surface area contributed by atoms with Crippen molar-refractivity contribution in [2.45, 2.75) is 13.5 Å². The molecule has 2 amide bonds. The van der Waals surface area contributed by atoms with Crippen molar-refractivity contribution in [2.24, 2.45) is 0 Å². The molecule has 4 nitrogen and oxygen atoms in total. The van der Waals surface area contributed by atoms with E-state index >= 15 is 0 Å². The van der Waals surface area contributed by atoms with Gasteiger partial charge in [0.15, 0.2) is 0 Å². The predicted octanol–water partition coefficient (Wildman–Crippen LogP) is 1.78. The van der Waals surface area contributed by atoms with Gasteiger partial charge < -0.3 is 9.80 Å². The molecule has 0 aliphatic carbocycles. The Bertz CT molecular complexity index is 521. The Kier molecular flexibility index (Phi) is 4.19. The second-order valence-corrected chi connectivity index (χ2v) is 5.31. The van der Waals surface area contributed by atoms with Gasteiger partial charge in [-0.15, -0.1) is 0 Å². The minimum absolute atomic E-state index is 0.0160. The second kappa shape index (κ2) is 5.69. The second-order valence-electron chi connectivity index (χ2n) is 4.39. The summed E-state index contributed by atoms with van der Waals surface area (Å²) in [6.07, 6.45) is 0. The van der Waals surface area contributed by atoms with E-state index in [2.05, 4.69) is 15.9 Å². The average molecular weight is 329 g/mol. The van der Waals surface area contributed by atoms with E-state index in [-0.39, 0.29) is 37.3 Å². The van der Waals surface area contributed by atoms with E-state index in [1.165, 1.54) is 15.9 Å². The van der Waals surface area contributed by atoms with E-state index < -0.39 is 0 Å². The summed E-state index contributed by atoms with van der Waals surface area (Å²) in [6.45, 7) is 2.57. The first-order valence-corrected chi connectivity index (χ1v) is 6.80. The number of piperazine rings is 1. The highest BCUT2D eigenvalue weighted by Gasteiger charge is 2.29. The van der Waals surface area contributed by atoms with E-state index in [1.807, 2.05) is 6.92 Å². The third-order valence-electron chi connectivity index (χ3n) is 3.12. The largest absolute Gasteiger partial charge is 0.332 e. The lowest BCUT2D eigenvalue weighted by atomic mass is 10.2. The lowest BCUT2D eigenvalue weighted by Gasteiger charge is -2.33. The van der Waals surface area contributed by atoms with Gasteiger partial charge in [-0.3, -0.25) is 9.59 Å². The van der Waals surface area contributed by atoms with Crippen molar-refractivity contribution >= 4 is 27.7 Å². The van der Waals surface area contributed by atoms with Gasteiger partial charge in [-0.05, 0) is 19.1 Å². The molecule has 102 valence electrons. The zero-order chi connectivity index (χ0) is 14.0. The summed E-state index contributed by atoms with van der Waals surface area (Å²) in [6, 6.07) is 4.68. The smallest absolute Gasteiger partial charge is 0.242 e. The number of benzene rings is 1. The third-order valence-corrected chi connectivity index (χ3v) is 3.61. The molecule has 1 aromatic carbocycles. The molecule has 1 aromatic rings. The van der Waals surface area contributed by atoms with Gasteiger partial charge in [0.25, 0.3) is 0 Å². The Hall–Kier alpha value is -1.43. The predicted molar refractivity (Wildman–Crippen MR) is 71.8 cm³/mol. The quantitative estimate of drug-likeness (QED) is 0.848. The molecular weight excluding hydrogens is 315 g/mol. The van der Waals surface area contributed by atoms with Crippen LogP contribution in [0.2, 0.25) is 0 Å². The molecule has 6 heteroatoms. The number of carbonyl (C=O) groups is 2. The van der Waals surface area contributed by atoms with Crippen LogP contribution in [-0.4, -0.2) is 41.2 Å². The van der Waals surface area contributed by atoms with Gasteiger partial charge in [0.2, 0.25) is 11.8 Å². The molecule has 1 aliphatic rings. The number of hydrogen-bond donors (Lipinski definition) is 0. The molecular formula is C13H14BrFN2O2. The summed E-state index contributed by atoms with van der Waals surface area (Å²) in [5.74, 6) is -0.629. The maximum absolute atomic E-state index is 13.7. The summed E-state index contributed by atoms with van der Waals surface area (Å²) >= 11 is 3.18. The van der Waals surface area contributed by atoms with E-state index in [1.54, 1.807) is 12.1 Å². The van der Waals surface area contributed by atoms with Gasteiger partial charge in [0, 0.05) is 23.1 Å². The number of amides is 2. The summed E-state index contributed by atoms with van der Waals surface area (Å²) < 4.78 is 14.4. The van der Waals surface area contributed by atoms with Crippen molar-refractivity contribution in [3.05, 3.63) is 34.1 Å². The fourth-order valence-corrected chi connectivity index (χ4v) is 2.32. The van der Waals surface area contributed by atoms with Crippen LogP contribution in [-0.2, 0) is 16.1 Å². The molecule has 0 bridgehead atoms. The summed E-state index contributed by atoms with van der Waals surface area (Å²) in [7, 11) is 0. The summed E-state index contributed by atoms with van der Waals surface area (Å²) in [5.41, 5.74) is 0.411. The molecule has 0 radical (unpaired) electrons. The highest BCUT2D eigenvalue weighted by molar-refractivity contribution is 9.10. The maximum atomic E-state index is 13.7. The number of hydrogen-bond acceptors (Lipinski definition) is 2. The topological polar surface area (TPSA) is 40.6 Å². The Morgan fingerprint density at radius 1 is 1.21 bits per heavy atom. The van der Waals surface area contributed by atoms with Crippen LogP contribution >= 0.6 is 15.9 Å². The SMILES string of the molecule is CCN1CC(=O)N(Cc2ccc(Br)cc2F)CC1=O. The van der Waals surface area contributed by atoms with Gasteiger partial charge in [-0.2, -0.15) is 0 Å². The first-order chi connectivity index (χ1) is 9.01. The van der Waals surface area contributed by atoms with Gasteiger partial charge in [0.1, 0.15) is 12.4 Å². The minimum atomic E-state index is -0.382. The van der Waals surface area contributed by atoms with Crippen LogP contribution in [0.25, 0.3) is 0 Å². The van der Waals surface area contributed by atoms with Crippen LogP contribution in [0, 0.1) is 5.82 Å². The standard InChI is InChI=1S/C13H14BrFN2O2/c1-2-16-7-13(19)17(8-12(16)18)6-9-3-4-10(14)5-11(9)15/h3-5H,2,6-8H2,1H3. The normalized spacial score (nSPS) is 16.2. The first kappa shape index (κ1) is 14.0. The minimum Gasteiger partial charge on any atom is -0.332 e. The Labute approximate surface area is 119 Å². The molecule has 1 saturated heterocycles. The van der Waals surface area contributed by atoms with Crippen molar-refractivity contribution in [2.75, 3.05) is 19.6 Å². The average Bonchev–Trinajstić information content (AvgIpc) is 2.36. The van der Waals surface area contributed by atoms with E-state index in [0.29, 0.717) is 16.6 Å². The zero-order valence-corrected chi connectivity index (χ0v) is 12.1. The molecule has 1 fully saturated rings. The lowest BCUT2D eigenvalue weighted by molar-refractivity contribution is -0.150. The van der Waals surface area contributed by atoms with Gasteiger partial charge >= 0.3 is 0 Å². The number of halogens is 2. The molecule has 2 rings (SSSR count). The monoisotopic (exact) mass is 328 g/mol. The third kappa shape index (κ3) is 3.12.